The van der Waals surface area contributed by atoms with Gasteiger partial charge in [-0.25, -0.2) is 0 Å². The number of hydrogen-bond acceptors (Lipinski definition) is 4. The van der Waals surface area contributed by atoms with Gasteiger partial charge in [0.1, 0.15) is 0 Å². The molecule has 0 atom stereocenters. The number of thioether (sulfide) groups is 1. The summed E-state index contributed by atoms with van der Waals surface area (Å²) in [5, 5.41) is 3.40. The third kappa shape index (κ3) is 4.32. The van der Waals surface area contributed by atoms with E-state index in [1.807, 2.05) is 54.6 Å². The molecule has 0 unspecified atom stereocenters. The molecule has 0 fully saturated rings. The second-order valence-corrected chi connectivity index (χ2v) is 6.53. The van der Waals surface area contributed by atoms with Crippen LogP contribution in [0.3, 0.4) is 0 Å². The lowest BCUT2D eigenvalue weighted by Crippen LogP contribution is -2.27. The summed E-state index contributed by atoms with van der Waals surface area (Å²) in [6, 6.07) is 17.5. The molecule has 0 spiro atoms. The zero-order chi connectivity index (χ0) is 16.8. The molecule has 1 aliphatic heterocycles. The van der Waals surface area contributed by atoms with Crippen molar-refractivity contribution in [2.24, 2.45) is 4.99 Å². The second-order valence-electron chi connectivity index (χ2n) is 5.45. The Morgan fingerprint density at radius 1 is 0.958 bits per heavy atom. The summed E-state index contributed by atoms with van der Waals surface area (Å²) < 4.78 is 0. The molecule has 4 nitrogen and oxygen atoms in total. The van der Waals surface area contributed by atoms with E-state index >= 15 is 0 Å². The number of carbonyl (C=O) groups excluding carboxylic acids is 2. The molecular weight excluding hydrogens is 320 g/mol. The molecule has 3 rings (SSSR count). The molecule has 0 saturated carbocycles. The van der Waals surface area contributed by atoms with E-state index < -0.39 is 0 Å². The Balaban J connectivity index is 1.54. The normalized spacial score (nSPS) is 13.4. The quantitative estimate of drug-likeness (QED) is 0.849. The fraction of sp³-hybridized carbons (Fsp3) is 0.211. The number of nitrogens with zero attached hydrogens (tertiary/aromatic N) is 1. The number of hydrogen-bond donors (Lipinski definition) is 1. The Morgan fingerprint density at radius 2 is 1.67 bits per heavy atom. The van der Waals surface area contributed by atoms with Crippen LogP contribution in [-0.2, 0) is 4.79 Å². The van der Waals surface area contributed by atoms with Crippen LogP contribution in [0.4, 0.5) is 0 Å². The predicted octanol–water partition coefficient (Wildman–Crippen LogP) is 3.54. The van der Waals surface area contributed by atoms with E-state index in [4.69, 9.17) is 0 Å². The molecule has 0 aliphatic carbocycles. The molecule has 5 heteroatoms. The van der Waals surface area contributed by atoms with Crippen LogP contribution in [0.5, 0.6) is 0 Å². The molecule has 1 amide bonds. The van der Waals surface area contributed by atoms with E-state index in [-0.39, 0.29) is 24.5 Å². The zero-order valence-corrected chi connectivity index (χ0v) is 14.0. The van der Waals surface area contributed by atoms with Gasteiger partial charge in [-0.2, -0.15) is 0 Å². The van der Waals surface area contributed by atoms with Gasteiger partial charge in [0.25, 0.3) is 0 Å². The first-order valence-electron chi connectivity index (χ1n) is 7.88. The minimum absolute atomic E-state index is 0.0224. The molecule has 2 aromatic carbocycles. The lowest BCUT2D eigenvalue weighted by Gasteiger charge is -2.05. The summed E-state index contributed by atoms with van der Waals surface area (Å²) in [6.07, 6.45) is 0.382. The number of rotatable bonds is 5. The first-order chi connectivity index (χ1) is 11.7. The SMILES string of the molecule is O=C(CCC(=O)c1ccc(-c2ccccc2)cc1)NC1=NCCS1. The smallest absolute Gasteiger partial charge is 0.226 e. The van der Waals surface area contributed by atoms with E-state index in [1.54, 1.807) is 0 Å². The standard InChI is InChI=1S/C19H18N2O2S/c22-17(10-11-18(23)21-19-20-12-13-24-19)16-8-6-15(7-9-16)14-4-2-1-3-5-14/h1-9H,10-13H2,(H,20,21,23). The van der Waals surface area contributed by atoms with Crippen molar-refractivity contribution in [1.82, 2.24) is 5.32 Å². The fourth-order valence-corrected chi connectivity index (χ4v) is 3.19. The van der Waals surface area contributed by atoms with E-state index in [0.717, 1.165) is 23.4 Å². The highest BCUT2D eigenvalue weighted by molar-refractivity contribution is 8.14. The van der Waals surface area contributed by atoms with E-state index in [2.05, 4.69) is 10.3 Å². The Kier molecular flexibility index (Phi) is 5.43. The Bertz CT molecular complexity index is 755. The van der Waals surface area contributed by atoms with Crippen molar-refractivity contribution in [2.75, 3.05) is 12.3 Å². The molecule has 0 radical (unpaired) electrons. The van der Waals surface area contributed by atoms with Crippen LogP contribution in [0, 0.1) is 0 Å². The van der Waals surface area contributed by atoms with Crippen molar-refractivity contribution in [3.8, 4) is 11.1 Å². The number of nitrogens with one attached hydrogen (secondary N) is 1. The summed E-state index contributed by atoms with van der Waals surface area (Å²) in [7, 11) is 0. The van der Waals surface area contributed by atoms with Gasteiger partial charge in [-0.05, 0) is 11.1 Å². The lowest BCUT2D eigenvalue weighted by atomic mass is 10.0. The Morgan fingerprint density at radius 3 is 2.33 bits per heavy atom. The average molecular weight is 338 g/mol. The molecule has 1 heterocycles. The number of amidine groups is 1. The molecule has 122 valence electrons. The summed E-state index contributed by atoms with van der Waals surface area (Å²) in [4.78, 5) is 28.2. The van der Waals surface area contributed by atoms with Crippen molar-refractivity contribution in [2.45, 2.75) is 12.8 Å². The lowest BCUT2D eigenvalue weighted by molar-refractivity contribution is -0.119. The van der Waals surface area contributed by atoms with Gasteiger partial charge in [0, 0.05) is 24.2 Å². The average Bonchev–Trinajstić information content (AvgIpc) is 3.13. The zero-order valence-electron chi connectivity index (χ0n) is 13.2. The molecule has 2 aromatic rings. The highest BCUT2D eigenvalue weighted by Gasteiger charge is 2.13. The minimum atomic E-state index is -0.155. The van der Waals surface area contributed by atoms with Gasteiger partial charge in [-0.1, -0.05) is 66.4 Å². The van der Waals surface area contributed by atoms with Crippen molar-refractivity contribution in [3.05, 3.63) is 60.2 Å². The fourth-order valence-electron chi connectivity index (χ4n) is 2.44. The van der Waals surface area contributed by atoms with Gasteiger partial charge >= 0.3 is 0 Å². The molecule has 0 aromatic heterocycles. The first kappa shape index (κ1) is 16.5. The number of carbonyl (C=O) groups is 2. The maximum Gasteiger partial charge on any atom is 0.226 e. The number of aliphatic imine (C=N–C) groups is 1. The van der Waals surface area contributed by atoms with E-state index in [1.165, 1.54) is 11.8 Å². The topological polar surface area (TPSA) is 58.5 Å². The number of ketones is 1. The van der Waals surface area contributed by atoms with Gasteiger partial charge in [0.15, 0.2) is 11.0 Å². The largest absolute Gasteiger partial charge is 0.305 e. The van der Waals surface area contributed by atoms with E-state index in [9.17, 15) is 9.59 Å². The summed E-state index contributed by atoms with van der Waals surface area (Å²) in [6.45, 7) is 0.743. The highest BCUT2D eigenvalue weighted by Crippen LogP contribution is 2.20. The summed E-state index contributed by atoms with van der Waals surface area (Å²) in [5.74, 6) is 0.727. The van der Waals surface area contributed by atoms with Gasteiger partial charge in [-0.3, -0.25) is 14.6 Å². The van der Waals surface area contributed by atoms with Crippen LogP contribution in [-0.4, -0.2) is 29.2 Å². The van der Waals surface area contributed by atoms with Crippen LogP contribution in [0.15, 0.2) is 59.6 Å². The van der Waals surface area contributed by atoms with Gasteiger partial charge < -0.3 is 5.32 Å². The predicted molar refractivity (Wildman–Crippen MR) is 98.3 cm³/mol. The third-order valence-electron chi connectivity index (χ3n) is 3.72. The van der Waals surface area contributed by atoms with Crippen LogP contribution in [0.2, 0.25) is 0 Å². The van der Waals surface area contributed by atoms with Crippen LogP contribution >= 0.6 is 11.8 Å². The number of benzene rings is 2. The molecule has 1 aliphatic rings. The second kappa shape index (κ2) is 7.93. The summed E-state index contributed by atoms with van der Waals surface area (Å²) in [5.41, 5.74) is 2.82. The monoisotopic (exact) mass is 338 g/mol. The maximum absolute atomic E-state index is 12.2. The van der Waals surface area contributed by atoms with Crippen molar-refractivity contribution >= 4 is 28.6 Å². The van der Waals surface area contributed by atoms with E-state index in [0.29, 0.717) is 10.7 Å². The van der Waals surface area contributed by atoms with Gasteiger partial charge in [0.2, 0.25) is 5.91 Å². The van der Waals surface area contributed by atoms with Crippen LogP contribution in [0.1, 0.15) is 23.2 Å². The van der Waals surface area contributed by atoms with Crippen molar-refractivity contribution in [1.29, 1.82) is 0 Å². The van der Waals surface area contributed by atoms with Gasteiger partial charge in [-0.15, -0.1) is 0 Å². The minimum Gasteiger partial charge on any atom is -0.305 e. The van der Waals surface area contributed by atoms with Gasteiger partial charge in [0.05, 0.1) is 6.54 Å². The molecule has 0 saturated heterocycles. The highest BCUT2D eigenvalue weighted by atomic mass is 32.2. The Labute approximate surface area is 145 Å². The number of Topliss-reactive ketones (excluding diaryl/α,β-unsaturated/α-hetero) is 1. The van der Waals surface area contributed by atoms with Crippen LogP contribution < -0.4 is 5.32 Å². The molecule has 24 heavy (non-hydrogen) atoms. The molecule has 0 bridgehead atoms. The molecular formula is C19H18N2O2S. The van der Waals surface area contributed by atoms with Crippen molar-refractivity contribution < 1.29 is 9.59 Å². The third-order valence-corrected chi connectivity index (χ3v) is 4.62. The summed E-state index contributed by atoms with van der Waals surface area (Å²) >= 11 is 1.53. The first-order valence-corrected chi connectivity index (χ1v) is 8.87. The number of amides is 1. The van der Waals surface area contributed by atoms with Crippen LogP contribution in [0.25, 0.3) is 11.1 Å². The van der Waals surface area contributed by atoms with Crippen molar-refractivity contribution in [3.63, 3.8) is 0 Å². The molecule has 1 N–H and O–H groups in total. The Hall–Kier alpha value is -2.40. The maximum atomic E-state index is 12.2.